The van der Waals surface area contributed by atoms with Gasteiger partial charge in [-0.2, -0.15) is 5.10 Å². The molecule has 0 saturated heterocycles. The van der Waals surface area contributed by atoms with Crippen LogP contribution in [0.2, 0.25) is 0 Å². The second-order valence-electron chi connectivity index (χ2n) is 5.08. The maximum atomic E-state index is 13.6. The second-order valence-corrected chi connectivity index (χ2v) is 5.08. The second kappa shape index (κ2) is 6.00. The molecule has 1 amide bonds. The number of aromatic nitrogens is 2. The highest BCUT2D eigenvalue weighted by molar-refractivity contribution is 5.94. The van der Waals surface area contributed by atoms with Crippen molar-refractivity contribution in [3.8, 4) is 0 Å². The Morgan fingerprint density at radius 2 is 1.78 bits per heavy atom. The first-order chi connectivity index (χ1) is 11.1. The molecule has 1 heterocycles. The van der Waals surface area contributed by atoms with Gasteiger partial charge < -0.3 is 5.32 Å². The molecule has 6 heteroatoms. The number of halogens is 1. The van der Waals surface area contributed by atoms with Crippen molar-refractivity contribution in [2.24, 2.45) is 7.05 Å². The van der Waals surface area contributed by atoms with E-state index < -0.39 is 11.7 Å². The highest BCUT2D eigenvalue weighted by Gasteiger charge is 2.13. The van der Waals surface area contributed by atoms with Crippen molar-refractivity contribution in [1.29, 1.82) is 0 Å². The number of hydrogen-bond donors (Lipinski definition) is 1. The lowest BCUT2D eigenvalue weighted by atomic mass is 10.1. The predicted molar refractivity (Wildman–Crippen MR) is 84.6 cm³/mol. The van der Waals surface area contributed by atoms with Gasteiger partial charge in [-0.05, 0) is 18.2 Å². The Morgan fingerprint density at radius 1 is 1.13 bits per heavy atom. The fraction of sp³-hybridized carbons (Fsp3) is 0.118. The highest BCUT2D eigenvalue weighted by Crippen LogP contribution is 2.13. The van der Waals surface area contributed by atoms with Gasteiger partial charge >= 0.3 is 0 Å². The van der Waals surface area contributed by atoms with Gasteiger partial charge in [0.1, 0.15) is 5.82 Å². The number of nitrogens with zero attached hydrogens (tertiary/aromatic N) is 2. The van der Waals surface area contributed by atoms with Gasteiger partial charge in [0.2, 0.25) is 0 Å². The largest absolute Gasteiger partial charge is 0.346 e. The number of carbonyl (C=O) groups is 1. The molecule has 0 bridgehead atoms. The number of benzene rings is 2. The van der Waals surface area contributed by atoms with E-state index in [0.29, 0.717) is 16.5 Å². The third-order valence-corrected chi connectivity index (χ3v) is 3.57. The standard InChI is InChI=1S/C17H14FN3O2/c1-21-17(23)12-7-3-2-6-11(12)15(20-21)10-19-16(22)13-8-4-5-9-14(13)18/h2-9H,10H2,1H3,(H,19,22). The Morgan fingerprint density at radius 3 is 2.52 bits per heavy atom. The Bertz CT molecular complexity index is 950. The molecular weight excluding hydrogens is 297 g/mol. The molecular formula is C17H14FN3O2. The minimum absolute atomic E-state index is 0.0263. The minimum Gasteiger partial charge on any atom is -0.346 e. The summed E-state index contributed by atoms with van der Waals surface area (Å²) >= 11 is 0. The fourth-order valence-electron chi connectivity index (χ4n) is 2.41. The summed E-state index contributed by atoms with van der Waals surface area (Å²) in [5, 5.41) is 8.02. The zero-order chi connectivity index (χ0) is 16.4. The molecule has 0 unspecified atom stereocenters. The van der Waals surface area contributed by atoms with Gasteiger partial charge in [-0.3, -0.25) is 9.59 Å². The van der Waals surface area contributed by atoms with Crippen LogP contribution < -0.4 is 10.9 Å². The topological polar surface area (TPSA) is 64.0 Å². The van der Waals surface area contributed by atoms with Crippen LogP contribution in [-0.4, -0.2) is 15.7 Å². The summed E-state index contributed by atoms with van der Waals surface area (Å²) < 4.78 is 14.8. The molecule has 0 fully saturated rings. The Balaban J connectivity index is 1.91. The van der Waals surface area contributed by atoms with Crippen LogP contribution in [0.15, 0.2) is 53.3 Å². The molecule has 116 valence electrons. The van der Waals surface area contributed by atoms with Crippen LogP contribution in [0.5, 0.6) is 0 Å². The van der Waals surface area contributed by atoms with E-state index in [0.717, 1.165) is 0 Å². The number of carbonyl (C=O) groups excluding carboxylic acids is 1. The molecule has 0 saturated carbocycles. The molecule has 0 radical (unpaired) electrons. The first-order valence-electron chi connectivity index (χ1n) is 7.05. The van der Waals surface area contributed by atoms with Crippen molar-refractivity contribution >= 4 is 16.7 Å². The van der Waals surface area contributed by atoms with Crippen molar-refractivity contribution in [3.63, 3.8) is 0 Å². The van der Waals surface area contributed by atoms with E-state index >= 15 is 0 Å². The van der Waals surface area contributed by atoms with E-state index in [2.05, 4.69) is 10.4 Å². The molecule has 0 spiro atoms. The predicted octanol–water partition coefficient (Wildman–Crippen LogP) is 2.00. The number of rotatable bonds is 3. The van der Waals surface area contributed by atoms with Gasteiger partial charge in [0.25, 0.3) is 11.5 Å². The number of nitrogens with one attached hydrogen (secondary N) is 1. The van der Waals surface area contributed by atoms with Crippen molar-refractivity contribution in [2.45, 2.75) is 6.54 Å². The molecule has 3 aromatic rings. The normalized spacial score (nSPS) is 10.7. The van der Waals surface area contributed by atoms with Gasteiger partial charge in [0.05, 0.1) is 23.2 Å². The molecule has 0 aliphatic carbocycles. The van der Waals surface area contributed by atoms with Crippen LogP contribution in [0.25, 0.3) is 10.8 Å². The lowest BCUT2D eigenvalue weighted by Gasteiger charge is -2.09. The molecule has 3 rings (SSSR count). The smallest absolute Gasteiger partial charge is 0.274 e. The fourth-order valence-corrected chi connectivity index (χ4v) is 2.41. The van der Waals surface area contributed by atoms with Crippen molar-refractivity contribution < 1.29 is 9.18 Å². The summed E-state index contributed by atoms with van der Waals surface area (Å²) in [4.78, 5) is 24.1. The molecule has 0 atom stereocenters. The van der Waals surface area contributed by atoms with Crippen LogP contribution in [-0.2, 0) is 13.6 Å². The lowest BCUT2D eigenvalue weighted by Crippen LogP contribution is -2.27. The van der Waals surface area contributed by atoms with E-state index in [1.807, 2.05) is 0 Å². The third-order valence-electron chi connectivity index (χ3n) is 3.57. The van der Waals surface area contributed by atoms with Crippen molar-refractivity contribution in [3.05, 3.63) is 76.0 Å². The van der Waals surface area contributed by atoms with Crippen molar-refractivity contribution in [1.82, 2.24) is 15.1 Å². The minimum atomic E-state index is -0.580. The molecule has 1 aromatic heterocycles. The van der Waals surface area contributed by atoms with Gasteiger partial charge in [-0.1, -0.05) is 30.3 Å². The zero-order valence-electron chi connectivity index (χ0n) is 12.4. The lowest BCUT2D eigenvalue weighted by molar-refractivity contribution is 0.0946. The molecule has 0 aliphatic heterocycles. The van der Waals surface area contributed by atoms with Gasteiger partial charge in [-0.15, -0.1) is 0 Å². The highest BCUT2D eigenvalue weighted by atomic mass is 19.1. The van der Waals surface area contributed by atoms with Crippen molar-refractivity contribution in [2.75, 3.05) is 0 Å². The Hall–Kier alpha value is -3.02. The van der Waals surface area contributed by atoms with Crippen LogP contribution in [0.4, 0.5) is 4.39 Å². The molecule has 23 heavy (non-hydrogen) atoms. The maximum Gasteiger partial charge on any atom is 0.274 e. The summed E-state index contributed by atoms with van der Waals surface area (Å²) in [6, 6.07) is 12.8. The molecule has 5 nitrogen and oxygen atoms in total. The Labute approximate surface area is 131 Å². The summed E-state index contributed by atoms with van der Waals surface area (Å²) in [5.74, 6) is -1.11. The summed E-state index contributed by atoms with van der Waals surface area (Å²) in [7, 11) is 1.55. The first kappa shape index (κ1) is 14.9. The SMILES string of the molecule is Cn1nc(CNC(=O)c2ccccc2F)c2ccccc2c1=O. The van der Waals surface area contributed by atoms with Gasteiger partial charge in [0, 0.05) is 12.4 Å². The monoisotopic (exact) mass is 311 g/mol. The van der Waals surface area contributed by atoms with Crippen LogP contribution >= 0.6 is 0 Å². The third kappa shape index (κ3) is 2.83. The van der Waals surface area contributed by atoms with Crippen LogP contribution in [0, 0.1) is 5.82 Å². The average Bonchev–Trinajstić information content (AvgIpc) is 2.57. The van der Waals surface area contributed by atoms with E-state index in [4.69, 9.17) is 0 Å². The van der Waals surface area contributed by atoms with E-state index in [9.17, 15) is 14.0 Å². The van der Waals surface area contributed by atoms with Crippen LogP contribution in [0.3, 0.4) is 0 Å². The maximum absolute atomic E-state index is 13.6. The van der Waals surface area contributed by atoms with E-state index in [1.165, 1.54) is 22.9 Å². The van der Waals surface area contributed by atoms with Gasteiger partial charge in [0.15, 0.2) is 0 Å². The summed E-state index contributed by atoms with van der Waals surface area (Å²) in [6.07, 6.45) is 0. The summed E-state index contributed by atoms with van der Waals surface area (Å²) in [6.45, 7) is 0.0990. The number of aryl methyl sites for hydroxylation is 1. The van der Waals surface area contributed by atoms with Crippen LogP contribution in [0.1, 0.15) is 16.1 Å². The first-order valence-corrected chi connectivity index (χ1v) is 7.05. The van der Waals surface area contributed by atoms with E-state index in [-0.39, 0.29) is 17.7 Å². The molecule has 1 N–H and O–H groups in total. The number of hydrogen-bond acceptors (Lipinski definition) is 3. The number of amides is 1. The summed E-state index contributed by atoms with van der Waals surface area (Å²) in [5.41, 5.74) is 0.318. The van der Waals surface area contributed by atoms with E-state index in [1.54, 1.807) is 37.4 Å². The molecule has 0 aliphatic rings. The Kier molecular flexibility index (Phi) is 3.89. The quantitative estimate of drug-likeness (QED) is 0.804. The van der Waals surface area contributed by atoms with Gasteiger partial charge in [-0.25, -0.2) is 9.07 Å². The molecule has 2 aromatic carbocycles. The average molecular weight is 311 g/mol. The zero-order valence-corrected chi connectivity index (χ0v) is 12.4. The number of fused-ring (bicyclic) bond motifs is 1.